The average Bonchev–Trinajstić information content (AvgIpc) is 1.85. The fraction of sp³-hybridized carbons (Fsp3) is 0.400. The lowest BCUT2D eigenvalue weighted by atomic mass is 10.2. The van der Waals surface area contributed by atoms with E-state index in [-0.39, 0.29) is 71.9 Å². The first-order valence-corrected chi connectivity index (χ1v) is 3.92. The van der Waals surface area contributed by atoms with Crippen LogP contribution in [0.2, 0.25) is 0 Å². The summed E-state index contributed by atoms with van der Waals surface area (Å²) < 4.78 is 0.990. The third-order valence-electron chi connectivity index (χ3n) is 1.50. The van der Waals surface area contributed by atoms with Crippen LogP contribution in [-0.4, -0.2) is 25.6 Å². The van der Waals surface area contributed by atoms with Crippen molar-refractivity contribution in [2.75, 3.05) is 21.1 Å². The second-order valence-electron chi connectivity index (χ2n) is 3.93. The predicted molar refractivity (Wildman–Crippen MR) is 94.4 cm³/mol. The molecule has 1 nitrogen and oxygen atoms in total. The molecule has 0 bridgehead atoms. The molecule has 0 atom stereocenters. The van der Waals surface area contributed by atoms with Gasteiger partial charge in [0.05, 0.1) is 21.1 Å². The standard InChI is InChI=1S/C10H16N.3HI/c1-11(2,3)9-10-7-5-4-6-8-10;;;/h4-8H,9H2,1-3H3;3*1H/q+1;;;. The van der Waals surface area contributed by atoms with Gasteiger partial charge >= 0.3 is 0 Å². The Balaban J connectivity index is -0.000000403. The number of hydrogen-bond donors (Lipinski definition) is 0. The summed E-state index contributed by atoms with van der Waals surface area (Å²) in [5.74, 6) is 0. The zero-order valence-electron chi connectivity index (χ0n) is 8.77. The first-order valence-electron chi connectivity index (χ1n) is 3.92. The fourth-order valence-electron chi connectivity index (χ4n) is 1.13. The second kappa shape index (κ2) is 9.59. The third kappa shape index (κ3) is 9.91. The van der Waals surface area contributed by atoms with Gasteiger partial charge < -0.3 is 4.48 Å². The van der Waals surface area contributed by atoms with Crippen molar-refractivity contribution in [2.45, 2.75) is 6.54 Å². The summed E-state index contributed by atoms with van der Waals surface area (Å²) in [6, 6.07) is 10.6. The van der Waals surface area contributed by atoms with Crippen LogP contribution >= 0.6 is 71.9 Å². The monoisotopic (exact) mass is 534 g/mol. The van der Waals surface area contributed by atoms with Gasteiger partial charge in [-0.1, -0.05) is 30.3 Å². The highest BCUT2D eigenvalue weighted by molar-refractivity contribution is 14.0. The van der Waals surface area contributed by atoms with E-state index in [9.17, 15) is 0 Å². The van der Waals surface area contributed by atoms with Crippen LogP contribution in [0.15, 0.2) is 30.3 Å². The molecule has 1 aromatic rings. The number of hydrogen-bond acceptors (Lipinski definition) is 0. The number of benzene rings is 1. The van der Waals surface area contributed by atoms with Gasteiger partial charge in [-0.25, -0.2) is 0 Å². The van der Waals surface area contributed by atoms with Crippen molar-refractivity contribution in [1.29, 1.82) is 0 Å². The molecular weight excluding hydrogens is 515 g/mol. The van der Waals surface area contributed by atoms with E-state index in [1.54, 1.807) is 0 Å². The van der Waals surface area contributed by atoms with Crippen molar-refractivity contribution < 1.29 is 4.48 Å². The molecule has 0 saturated carbocycles. The van der Waals surface area contributed by atoms with Crippen LogP contribution in [-0.2, 0) is 6.54 Å². The van der Waals surface area contributed by atoms with E-state index in [1.807, 2.05) is 0 Å². The van der Waals surface area contributed by atoms with Gasteiger partial charge in [0.2, 0.25) is 0 Å². The van der Waals surface area contributed by atoms with E-state index in [2.05, 4.69) is 51.5 Å². The molecule has 1 rings (SSSR count). The van der Waals surface area contributed by atoms with E-state index in [4.69, 9.17) is 0 Å². The molecule has 4 heteroatoms. The van der Waals surface area contributed by atoms with Crippen LogP contribution in [0.1, 0.15) is 5.56 Å². The number of rotatable bonds is 2. The van der Waals surface area contributed by atoms with E-state index < -0.39 is 0 Å². The maximum atomic E-state index is 2.20. The normalized spacial score (nSPS) is 9.07. The number of nitrogens with zero attached hydrogens (tertiary/aromatic N) is 1. The lowest BCUT2D eigenvalue weighted by Crippen LogP contribution is -2.33. The summed E-state index contributed by atoms with van der Waals surface area (Å²) in [6.07, 6.45) is 0. The van der Waals surface area contributed by atoms with Gasteiger partial charge in [0.25, 0.3) is 0 Å². The van der Waals surface area contributed by atoms with Crippen LogP contribution in [0.3, 0.4) is 0 Å². The Kier molecular flexibility index (Phi) is 14.2. The molecule has 0 heterocycles. The van der Waals surface area contributed by atoms with Gasteiger partial charge in [-0.2, -0.15) is 0 Å². The summed E-state index contributed by atoms with van der Waals surface area (Å²) in [5, 5.41) is 0. The summed E-state index contributed by atoms with van der Waals surface area (Å²) in [4.78, 5) is 0. The van der Waals surface area contributed by atoms with Gasteiger partial charge in [0, 0.05) is 5.56 Å². The minimum atomic E-state index is 0. The van der Waals surface area contributed by atoms with Crippen molar-refractivity contribution in [3.05, 3.63) is 35.9 Å². The number of halogens is 3. The topological polar surface area (TPSA) is 0 Å². The Hall–Kier alpha value is 1.37. The summed E-state index contributed by atoms with van der Waals surface area (Å²) in [5.41, 5.74) is 1.40. The van der Waals surface area contributed by atoms with Crippen molar-refractivity contribution >= 4 is 71.9 Å². The Labute approximate surface area is 138 Å². The van der Waals surface area contributed by atoms with Crippen molar-refractivity contribution in [1.82, 2.24) is 0 Å². The zero-order valence-corrected chi connectivity index (χ0v) is 15.8. The molecule has 0 aliphatic heterocycles. The molecule has 0 aliphatic carbocycles. The smallest absolute Gasteiger partial charge is 0.104 e. The van der Waals surface area contributed by atoms with Crippen LogP contribution in [0.25, 0.3) is 0 Å². The van der Waals surface area contributed by atoms with E-state index in [0.717, 1.165) is 11.0 Å². The van der Waals surface area contributed by atoms with Gasteiger partial charge in [0.1, 0.15) is 6.54 Å². The Morgan fingerprint density at radius 3 is 1.64 bits per heavy atom. The minimum absolute atomic E-state index is 0. The summed E-state index contributed by atoms with van der Waals surface area (Å²) >= 11 is 0. The molecule has 14 heavy (non-hydrogen) atoms. The molecular formula is C10H19I3N+. The second-order valence-corrected chi connectivity index (χ2v) is 3.93. The molecule has 0 aliphatic rings. The predicted octanol–water partition coefficient (Wildman–Crippen LogP) is 3.75. The molecule has 0 unspecified atom stereocenters. The molecule has 0 amide bonds. The summed E-state index contributed by atoms with van der Waals surface area (Å²) in [7, 11) is 6.60. The zero-order chi connectivity index (χ0) is 8.32. The average molecular weight is 534 g/mol. The van der Waals surface area contributed by atoms with E-state index in [0.29, 0.717) is 0 Å². The molecule has 0 N–H and O–H groups in total. The minimum Gasteiger partial charge on any atom is -0.327 e. The van der Waals surface area contributed by atoms with Crippen LogP contribution < -0.4 is 0 Å². The fourth-order valence-corrected chi connectivity index (χ4v) is 1.13. The molecule has 0 aromatic heterocycles. The Morgan fingerprint density at radius 1 is 0.857 bits per heavy atom. The highest BCUT2D eigenvalue weighted by Gasteiger charge is 2.06. The van der Waals surface area contributed by atoms with Crippen molar-refractivity contribution in [2.24, 2.45) is 0 Å². The lowest BCUT2D eigenvalue weighted by molar-refractivity contribution is -0.884. The van der Waals surface area contributed by atoms with Crippen LogP contribution in [0.4, 0.5) is 0 Å². The van der Waals surface area contributed by atoms with E-state index >= 15 is 0 Å². The molecule has 84 valence electrons. The molecule has 0 saturated heterocycles. The molecule has 1 aromatic carbocycles. The highest BCUT2D eigenvalue weighted by Crippen LogP contribution is 2.04. The number of quaternary nitrogens is 1. The molecule has 0 radical (unpaired) electrons. The SMILES string of the molecule is C[N+](C)(C)Cc1ccccc1.I.I.I. The highest BCUT2D eigenvalue weighted by atomic mass is 127. The Morgan fingerprint density at radius 2 is 1.29 bits per heavy atom. The van der Waals surface area contributed by atoms with Gasteiger partial charge in [0.15, 0.2) is 0 Å². The third-order valence-corrected chi connectivity index (χ3v) is 1.50. The van der Waals surface area contributed by atoms with Crippen molar-refractivity contribution in [3.63, 3.8) is 0 Å². The molecule has 0 spiro atoms. The van der Waals surface area contributed by atoms with Gasteiger partial charge in [-0.05, 0) is 0 Å². The maximum absolute atomic E-state index is 2.20. The van der Waals surface area contributed by atoms with Gasteiger partial charge in [-0.15, -0.1) is 71.9 Å². The van der Waals surface area contributed by atoms with Crippen LogP contribution in [0, 0.1) is 0 Å². The molecule has 0 fully saturated rings. The summed E-state index contributed by atoms with van der Waals surface area (Å²) in [6.45, 7) is 1.10. The maximum Gasteiger partial charge on any atom is 0.104 e. The lowest BCUT2D eigenvalue weighted by Gasteiger charge is -2.23. The van der Waals surface area contributed by atoms with Crippen LogP contribution in [0.5, 0.6) is 0 Å². The Bertz CT molecular complexity index is 219. The quantitative estimate of drug-likeness (QED) is 0.401. The largest absolute Gasteiger partial charge is 0.327 e. The first-order chi connectivity index (χ1) is 5.08. The first kappa shape index (κ1) is 20.7. The van der Waals surface area contributed by atoms with Gasteiger partial charge in [-0.3, -0.25) is 0 Å². The van der Waals surface area contributed by atoms with Crippen molar-refractivity contribution in [3.8, 4) is 0 Å². The van der Waals surface area contributed by atoms with E-state index in [1.165, 1.54) is 5.56 Å².